The molecule has 7 aromatic carbocycles. The Kier molecular flexibility index (Phi) is 14.3. The van der Waals surface area contributed by atoms with Gasteiger partial charge in [-0.2, -0.15) is 6.07 Å². The van der Waals surface area contributed by atoms with Gasteiger partial charge in [-0.15, -0.1) is 72.5 Å². The molecular formula is C65H83HfNOSi. The van der Waals surface area contributed by atoms with E-state index < -0.39 is 8.07 Å². The van der Waals surface area contributed by atoms with Crippen LogP contribution in [-0.4, -0.2) is 24.8 Å². The number of nitrogens with zero attached hydrogens (tertiary/aromatic N) is 1. The van der Waals surface area contributed by atoms with Gasteiger partial charge in [0.05, 0.1) is 5.60 Å². The van der Waals surface area contributed by atoms with Crippen molar-refractivity contribution < 1.29 is 30.6 Å². The number of ether oxygens (including phenoxy) is 1. The molecule has 362 valence electrons. The fourth-order valence-corrected chi connectivity index (χ4v) is 18.3. The van der Waals surface area contributed by atoms with Crippen molar-refractivity contribution in [2.45, 2.75) is 174 Å². The summed E-state index contributed by atoms with van der Waals surface area (Å²) in [6, 6.07) is 38.0. The average molecular weight is 1100 g/mol. The zero-order chi connectivity index (χ0) is 46.9. The molecule has 0 spiro atoms. The third-order valence-electron chi connectivity index (χ3n) is 17.4. The second-order valence-electron chi connectivity index (χ2n) is 25.0. The van der Waals surface area contributed by atoms with Crippen LogP contribution in [0.4, 0.5) is 0 Å². The summed E-state index contributed by atoms with van der Waals surface area (Å²) in [6.45, 7) is 32.7. The zero-order valence-electron chi connectivity index (χ0n) is 45.6. The van der Waals surface area contributed by atoms with Gasteiger partial charge in [0.15, 0.2) is 0 Å². The van der Waals surface area contributed by atoms with Gasteiger partial charge >= 0.3 is 25.8 Å². The minimum absolute atomic E-state index is 0. The zero-order valence-corrected chi connectivity index (χ0v) is 50.2. The van der Waals surface area contributed by atoms with Crippen LogP contribution >= 0.6 is 0 Å². The maximum absolute atomic E-state index is 6.21. The van der Waals surface area contributed by atoms with Crippen molar-refractivity contribution in [3.63, 3.8) is 0 Å². The fourth-order valence-electron chi connectivity index (χ4n) is 13.3. The van der Waals surface area contributed by atoms with Crippen LogP contribution in [0.15, 0.2) is 91.0 Å². The largest absolute Gasteiger partial charge is 4.00 e. The number of hydrogen-bond donors (Lipinski definition) is 0. The van der Waals surface area contributed by atoms with Crippen molar-refractivity contribution in [2.24, 2.45) is 7.05 Å². The topological polar surface area (TPSA) is 14.2 Å². The molecule has 0 N–H and O–H groups in total. The van der Waals surface area contributed by atoms with E-state index in [-0.39, 0.29) is 68.0 Å². The summed E-state index contributed by atoms with van der Waals surface area (Å²) < 4.78 is 8.56. The molecule has 0 fully saturated rings. The summed E-state index contributed by atoms with van der Waals surface area (Å²) >= 11 is 0. The molecule has 1 heterocycles. The minimum Gasteiger partial charge on any atom is -0.376 e. The quantitative estimate of drug-likeness (QED) is 0.0756. The van der Waals surface area contributed by atoms with E-state index in [1.54, 1.807) is 43.4 Å². The molecule has 1 unspecified atom stereocenters. The molecule has 0 radical (unpaired) electrons. The molecular weight excluding hydrogens is 1020 g/mol. The second kappa shape index (κ2) is 18.5. The van der Waals surface area contributed by atoms with Gasteiger partial charge in [-0.3, -0.25) is 0 Å². The Hall–Kier alpha value is -3.57. The molecule has 4 heteroatoms. The standard InChI is InChI=1S/C63H77NOSi.2CH3.Hf/c1-40-34-45-42(41-26-27-56-48(35-41)43-22-17-18-25-55(43)64(56)13)23-21-24-44(45)57(40)66(14,33-20-16-15-19-32-65-59(2,3)4)58-49-38-53-51(60(5,6)28-30-62(53,9)10)36-46(49)47-37-52-54(39-50(47)58)63(11,12)31-29-61(52,7)8;;;/h17-18,21-27,34-39H,15-16,19-20,28-33H2,1-14H3;2*1H3;/q-2;2*-1;+4. The van der Waals surface area contributed by atoms with Gasteiger partial charge in [0, 0.05) is 43.5 Å². The number of aryl methyl sites for hydroxylation is 2. The maximum Gasteiger partial charge on any atom is 4.00 e. The predicted octanol–water partition coefficient (Wildman–Crippen LogP) is 17.4. The minimum atomic E-state index is -2.52. The maximum atomic E-state index is 6.21. The number of benzene rings is 5. The normalized spacial score (nSPS) is 17.8. The van der Waals surface area contributed by atoms with Crippen LogP contribution in [0.1, 0.15) is 155 Å². The van der Waals surface area contributed by atoms with E-state index in [2.05, 4.69) is 192 Å². The first-order valence-electron chi connectivity index (χ1n) is 25.6. The van der Waals surface area contributed by atoms with Crippen molar-refractivity contribution in [1.82, 2.24) is 4.57 Å². The number of para-hydroxylation sites is 1. The Morgan fingerprint density at radius 2 is 1.07 bits per heavy atom. The molecule has 1 aromatic heterocycles. The van der Waals surface area contributed by atoms with Gasteiger partial charge in [-0.05, 0) is 98.3 Å². The van der Waals surface area contributed by atoms with Gasteiger partial charge in [0.25, 0.3) is 0 Å². The molecule has 0 saturated carbocycles. The van der Waals surface area contributed by atoms with E-state index in [9.17, 15) is 0 Å². The van der Waals surface area contributed by atoms with Gasteiger partial charge < -0.3 is 24.2 Å². The summed E-state index contributed by atoms with van der Waals surface area (Å²) in [6.07, 6.45) is 9.67. The van der Waals surface area contributed by atoms with Gasteiger partial charge in [-0.25, -0.2) is 0 Å². The molecule has 2 aliphatic rings. The van der Waals surface area contributed by atoms with Crippen molar-refractivity contribution in [3.05, 3.63) is 134 Å². The number of fused-ring (bicyclic) bond motifs is 9. The molecule has 0 saturated heterocycles. The molecule has 8 aromatic rings. The molecule has 2 aliphatic carbocycles. The third kappa shape index (κ3) is 8.85. The number of aromatic nitrogens is 1. The Bertz CT molecular complexity index is 3120. The van der Waals surface area contributed by atoms with Crippen LogP contribution in [0, 0.1) is 21.8 Å². The van der Waals surface area contributed by atoms with E-state index in [4.69, 9.17) is 4.74 Å². The van der Waals surface area contributed by atoms with Crippen LogP contribution in [0.3, 0.4) is 0 Å². The van der Waals surface area contributed by atoms with Crippen molar-refractivity contribution in [2.75, 3.05) is 6.61 Å². The van der Waals surface area contributed by atoms with E-state index in [0.717, 1.165) is 13.0 Å². The molecule has 2 nitrogen and oxygen atoms in total. The van der Waals surface area contributed by atoms with Crippen LogP contribution in [0.25, 0.3) is 65.3 Å². The SMILES string of the molecule is Cc1cc2c(-c3ccc4c(c3)c3ccccc3n4C)cccc2[c-]1[Si](C)(CCCCCCOC(C)(C)C)[c-]1c2cc3c(cc2c2cc4c(cc21)C(C)(C)CCC4(C)C)C(C)(C)CCC3(C)C.[CH3-].[CH3-].[Hf+4]. The smallest absolute Gasteiger partial charge is 0.376 e. The first-order valence-corrected chi connectivity index (χ1v) is 28.3. The van der Waals surface area contributed by atoms with Crippen molar-refractivity contribution in [1.29, 1.82) is 0 Å². The summed E-state index contributed by atoms with van der Waals surface area (Å²) in [4.78, 5) is 0. The summed E-state index contributed by atoms with van der Waals surface area (Å²) in [5, 5.41) is 15.0. The van der Waals surface area contributed by atoms with Crippen LogP contribution in [-0.2, 0) is 59.3 Å². The summed E-state index contributed by atoms with van der Waals surface area (Å²) in [5.74, 6) is 0. The van der Waals surface area contributed by atoms with Crippen molar-refractivity contribution in [3.8, 4) is 11.1 Å². The van der Waals surface area contributed by atoms with Crippen LogP contribution in [0.2, 0.25) is 12.6 Å². The van der Waals surface area contributed by atoms with E-state index in [0.29, 0.717) is 0 Å². The number of unbranched alkanes of at least 4 members (excludes halogenated alkanes) is 3. The number of rotatable bonds is 10. The van der Waals surface area contributed by atoms with Crippen LogP contribution in [0.5, 0.6) is 0 Å². The van der Waals surface area contributed by atoms with Crippen LogP contribution < -0.4 is 10.4 Å². The monoisotopic (exact) mass is 1100 g/mol. The third-order valence-corrected chi connectivity index (χ3v) is 22.1. The molecule has 0 bridgehead atoms. The average Bonchev–Trinajstić information content (AvgIpc) is 3.88. The van der Waals surface area contributed by atoms with Gasteiger partial charge in [-0.1, -0.05) is 164 Å². The second-order valence-corrected chi connectivity index (χ2v) is 29.2. The Morgan fingerprint density at radius 3 is 1.64 bits per heavy atom. The van der Waals surface area contributed by atoms with E-state index in [1.165, 1.54) is 111 Å². The Morgan fingerprint density at radius 1 is 0.551 bits per heavy atom. The van der Waals surface area contributed by atoms with Crippen molar-refractivity contribution >= 4 is 72.6 Å². The molecule has 0 aliphatic heterocycles. The first kappa shape index (κ1) is 53.2. The Balaban J connectivity index is 0.00000234. The number of hydrogen-bond acceptors (Lipinski definition) is 1. The molecule has 10 rings (SSSR count). The Labute approximate surface area is 437 Å². The van der Waals surface area contributed by atoms with E-state index >= 15 is 0 Å². The molecule has 69 heavy (non-hydrogen) atoms. The predicted molar refractivity (Wildman–Crippen MR) is 304 cm³/mol. The molecule has 1 atom stereocenters. The molecule has 0 amide bonds. The van der Waals surface area contributed by atoms with Gasteiger partial charge in [0.1, 0.15) is 0 Å². The summed E-state index contributed by atoms with van der Waals surface area (Å²) in [5.41, 5.74) is 13.4. The summed E-state index contributed by atoms with van der Waals surface area (Å²) in [7, 11) is -0.319. The first-order chi connectivity index (χ1) is 31.0. The van der Waals surface area contributed by atoms with E-state index in [1.807, 2.05) is 0 Å². The fraction of sp³-hybridized carbons (Fsp3) is 0.446. The van der Waals surface area contributed by atoms with Gasteiger partial charge in [0.2, 0.25) is 0 Å².